The largest absolute Gasteiger partial charge is 0.493 e. The number of carbonyl (C=O) groups is 2. The van der Waals surface area contributed by atoms with Crippen LogP contribution in [0.5, 0.6) is 11.5 Å². The minimum atomic E-state index is -0.568. The van der Waals surface area contributed by atoms with Crippen molar-refractivity contribution in [1.29, 1.82) is 0 Å². The van der Waals surface area contributed by atoms with Crippen molar-refractivity contribution in [3.8, 4) is 11.5 Å². The first-order valence-electron chi connectivity index (χ1n) is 8.31. The van der Waals surface area contributed by atoms with Crippen LogP contribution in [0, 0.1) is 0 Å². The average Bonchev–Trinajstić information content (AvgIpc) is 3.24. The maximum atomic E-state index is 12.5. The number of fused-ring (bicyclic) bond motifs is 1. The Morgan fingerprint density at radius 2 is 2.00 bits per heavy atom. The Hall–Kier alpha value is -2.85. The summed E-state index contributed by atoms with van der Waals surface area (Å²) in [6.07, 6.45) is 0. The number of rotatable bonds is 8. The number of ether oxygens (including phenoxy) is 2. The van der Waals surface area contributed by atoms with Gasteiger partial charge in [-0.3, -0.25) is 9.59 Å². The van der Waals surface area contributed by atoms with Gasteiger partial charge in [-0.05, 0) is 23.8 Å². The van der Waals surface area contributed by atoms with E-state index in [0.29, 0.717) is 22.9 Å². The highest BCUT2D eigenvalue weighted by Crippen LogP contribution is 2.34. The highest BCUT2D eigenvalue weighted by molar-refractivity contribution is 7.29. The van der Waals surface area contributed by atoms with Crippen LogP contribution >= 0.6 is 22.7 Å². The third-order valence-electron chi connectivity index (χ3n) is 3.74. The van der Waals surface area contributed by atoms with Crippen molar-refractivity contribution in [3.63, 3.8) is 0 Å². The Bertz CT molecular complexity index is 981. The molecule has 148 valence electrons. The molecule has 0 unspecified atom stereocenters. The summed E-state index contributed by atoms with van der Waals surface area (Å²) < 4.78 is 11.6. The summed E-state index contributed by atoms with van der Waals surface area (Å²) in [6.45, 7) is 0.0960. The minimum Gasteiger partial charge on any atom is -0.493 e. The molecule has 3 N–H and O–H groups in total. The molecule has 0 radical (unpaired) electrons. The molecule has 28 heavy (non-hydrogen) atoms. The van der Waals surface area contributed by atoms with Crippen LogP contribution in [0.2, 0.25) is 0 Å². The van der Waals surface area contributed by atoms with Gasteiger partial charge in [-0.15, -0.1) is 11.3 Å². The molecule has 1 aromatic carbocycles. The molecule has 3 aromatic rings. The van der Waals surface area contributed by atoms with Crippen molar-refractivity contribution in [1.82, 2.24) is 10.3 Å². The molecule has 0 aliphatic heterocycles. The maximum absolute atomic E-state index is 12.5. The molecule has 8 nitrogen and oxygen atoms in total. The molecule has 10 heteroatoms. The Morgan fingerprint density at radius 1 is 1.21 bits per heavy atom. The minimum absolute atomic E-state index is 0.158. The lowest BCUT2D eigenvalue weighted by Crippen LogP contribution is -2.22. The van der Waals surface area contributed by atoms with Crippen LogP contribution in [-0.2, 0) is 11.3 Å². The van der Waals surface area contributed by atoms with Gasteiger partial charge in [0.2, 0.25) is 0 Å². The second-order valence-electron chi connectivity index (χ2n) is 6.09. The van der Waals surface area contributed by atoms with E-state index in [1.165, 1.54) is 18.4 Å². The van der Waals surface area contributed by atoms with E-state index in [4.69, 9.17) is 15.2 Å². The van der Waals surface area contributed by atoms with Crippen molar-refractivity contribution < 1.29 is 19.1 Å². The number of amides is 2. The molecule has 2 amide bonds. The molecule has 0 aliphatic rings. The second-order valence-corrected chi connectivity index (χ2v) is 8.13. The lowest BCUT2D eigenvalue weighted by Gasteiger charge is -2.11. The van der Waals surface area contributed by atoms with Crippen molar-refractivity contribution in [3.05, 3.63) is 34.7 Å². The highest BCUT2D eigenvalue weighted by Gasteiger charge is 2.15. The fraction of sp³-hybridized carbons (Fsp3) is 0.278. The SMILES string of the molecule is COc1cc(CNC(=O)c2cc3sc(N(C)C)nc3s2)ccc1OCC(N)=O. The summed E-state index contributed by atoms with van der Waals surface area (Å²) in [4.78, 5) is 31.3. The molecular weight excluding hydrogens is 400 g/mol. The molecule has 0 bridgehead atoms. The number of anilines is 1. The van der Waals surface area contributed by atoms with Crippen LogP contribution in [0.1, 0.15) is 15.2 Å². The number of hydrogen-bond acceptors (Lipinski definition) is 8. The van der Waals surface area contributed by atoms with Gasteiger partial charge in [-0.1, -0.05) is 17.4 Å². The van der Waals surface area contributed by atoms with E-state index in [-0.39, 0.29) is 12.5 Å². The quantitative estimate of drug-likeness (QED) is 0.579. The molecule has 2 heterocycles. The first kappa shape index (κ1) is 19.9. The maximum Gasteiger partial charge on any atom is 0.261 e. The van der Waals surface area contributed by atoms with E-state index in [9.17, 15) is 9.59 Å². The molecule has 0 atom stereocenters. The number of benzene rings is 1. The number of primary amides is 1. The second kappa shape index (κ2) is 8.44. The Morgan fingerprint density at radius 3 is 2.64 bits per heavy atom. The fourth-order valence-corrected chi connectivity index (χ4v) is 4.44. The monoisotopic (exact) mass is 420 g/mol. The van der Waals surface area contributed by atoms with E-state index in [1.54, 1.807) is 29.5 Å². The number of thiophene rings is 1. The number of hydrogen-bond donors (Lipinski definition) is 2. The van der Waals surface area contributed by atoms with Gasteiger partial charge >= 0.3 is 0 Å². The molecule has 0 aliphatic carbocycles. The van der Waals surface area contributed by atoms with E-state index in [0.717, 1.165) is 20.2 Å². The average molecular weight is 421 g/mol. The van der Waals surface area contributed by atoms with Crippen LogP contribution in [0.3, 0.4) is 0 Å². The zero-order chi connectivity index (χ0) is 20.3. The standard InChI is InChI=1S/C18H20N4O4S2/c1-22(2)18-21-17-14(28-18)7-13(27-17)16(24)20-8-10-4-5-11(12(6-10)25-3)26-9-15(19)23/h4-7H,8-9H2,1-3H3,(H2,19,23)(H,20,24). The van der Waals surface area contributed by atoms with Gasteiger partial charge < -0.3 is 25.4 Å². The fourth-order valence-electron chi connectivity index (χ4n) is 2.39. The van der Waals surface area contributed by atoms with Gasteiger partial charge in [0.25, 0.3) is 11.8 Å². The number of aromatic nitrogens is 1. The molecular formula is C18H20N4O4S2. The van der Waals surface area contributed by atoms with Gasteiger partial charge in [0.1, 0.15) is 4.83 Å². The number of nitrogens with two attached hydrogens (primary N) is 1. The summed E-state index contributed by atoms with van der Waals surface area (Å²) >= 11 is 2.92. The van der Waals surface area contributed by atoms with E-state index in [1.807, 2.05) is 25.1 Å². The highest BCUT2D eigenvalue weighted by atomic mass is 32.1. The number of nitrogens with zero attached hydrogens (tertiary/aromatic N) is 2. The Labute approximate surface area is 169 Å². The molecule has 2 aromatic heterocycles. The predicted molar refractivity (Wildman–Crippen MR) is 111 cm³/mol. The van der Waals surface area contributed by atoms with Crippen LogP contribution in [-0.4, -0.2) is 44.6 Å². The van der Waals surface area contributed by atoms with Gasteiger partial charge in [-0.25, -0.2) is 4.98 Å². The normalized spacial score (nSPS) is 10.7. The zero-order valence-corrected chi connectivity index (χ0v) is 17.3. The van der Waals surface area contributed by atoms with Crippen molar-refractivity contribution in [2.75, 3.05) is 32.7 Å². The summed E-state index contributed by atoms with van der Waals surface area (Å²) in [7, 11) is 5.38. The number of nitrogens with one attached hydrogen (secondary N) is 1. The third-order valence-corrected chi connectivity index (χ3v) is 6.06. The Balaban J connectivity index is 1.65. The van der Waals surface area contributed by atoms with Crippen molar-refractivity contribution in [2.24, 2.45) is 5.73 Å². The van der Waals surface area contributed by atoms with Crippen molar-refractivity contribution >= 4 is 49.1 Å². The summed E-state index contributed by atoms with van der Waals surface area (Å²) in [5.74, 6) is 0.152. The third kappa shape index (κ3) is 4.52. The Kier molecular flexibility index (Phi) is 6.00. The van der Waals surface area contributed by atoms with Crippen LogP contribution in [0.15, 0.2) is 24.3 Å². The van der Waals surface area contributed by atoms with Crippen molar-refractivity contribution in [2.45, 2.75) is 6.54 Å². The number of methoxy groups -OCH3 is 1. The molecule has 0 saturated heterocycles. The summed E-state index contributed by atoms with van der Waals surface area (Å²) in [6, 6.07) is 7.07. The van der Waals surface area contributed by atoms with Gasteiger partial charge in [0, 0.05) is 20.6 Å². The lowest BCUT2D eigenvalue weighted by atomic mass is 10.2. The molecule has 0 spiro atoms. The summed E-state index contributed by atoms with van der Waals surface area (Å²) in [5, 5.41) is 3.81. The van der Waals surface area contributed by atoms with Gasteiger partial charge in [0.15, 0.2) is 23.2 Å². The smallest absolute Gasteiger partial charge is 0.261 e. The van der Waals surface area contributed by atoms with Gasteiger partial charge in [0.05, 0.1) is 16.7 Å². The van der Waals surface area contributed by atoms with E-state index >= 15 is 0 Å². The zero-order valence-electron chi connectivity index (χ0n) is 15.6. The van der Waals surface area contributed by atoms with Gasteiger partial charge in [-0.2, -0.15) is 0 Å². The number of thiazole rings is 1. The molecule has 0 fully saturated rings. The van der Waals surface area contributed by atoms with E-state index < -0.39 is 5.91 Å². The summed E-state index contributed by atoms with van der Waals surface area (Å²) in [5.41, 5.74) is 5.92. The lowest BCUT2D eigenvalue weighted by molar-refractivity contribution is -0.119. The van der Waals surface area contributed by atoms with Crippen LogP contribution in [0.25, 0.3) is 9.53 Å². The van der Waals surface area contributed by atoms with Crippen LogP contribution in [0.4, 0.5) is 5.13 Å². The molecule has 3 rings (SSSR count). The van der Waals surface area contributed by atoms with Crippen LogP contribution < -0.4 is 25.4 Å². The predicted octanol–water partition coefficient (Wildman–Crippen LogP) is 2.23. The topological polar surface area (TPSA) is 107 Å². The first-order valence-corrected chi connectivity index (χ1v) is 9.94. The first-order chi connectivity index (χ1) is 13.4. The van der Waals surface area contributed by atoms with E-state index in [2.05, 4.69) is 10.3 Å². The number of carbonyl (C=O) groups excluding carboxylic acids is 2. The molecule has 0 saturated carbocycles.